The van der Waals surface area contributed by atoms with Crippen LogP contribution in [0.4, 0.5) is 0 Å². The van der Waals surface area contributed by atoms with E-state index >= 15 is 0 Å². The van der Waals surface area contributed by atoms with Crippen LogP contribution in [0.1, 0.15) is 303 Å². The number of ether oxygens (including phenoxy) is 3. The van der Waals surface area contributed by atoms with Crippen molar-refractivity contribution in [1.29, 1.82) is 0 Å². The van der Waals surface area contributed by atoms with Crippen LogP contribution in [0.2, 0.25) is 0 Å². The number of unbranched alkanes of at least 4 members (excludes halogenated alkanes) is 29. The van der Waals surface area contributed by atoms with Crippen molar-refractivity contribution in [3.63, 3.8) is 0 Å². The molecule has 0 heterocycles. The van der Waals surface area contributed by atoms with E-state index in [0.29, 0.717) is 19.3 Å². The Bertz CT molecular complexity index is 1560. The molecule has 0 saturated carbocycles. The van der Waals surface area contributed by atoms with Crippen LogP contribution in [0.3, 0.4) is 0 Å². The number of carbonyl (C=O) groups excluding carboxylic acids is 3. The van der Waals surface area contributed by atoms with Crippen LogP contribution >= 0.6 is 0 Å². The lowest BCUT2D eigenvalue weighted by atomic mass is 10.0. The summed E-state index contributed by atoms with van der Waals surface area (Å²) in [5, 5.41) is 0. The molecular formula is C71H120O6. The fraction of sp³-hybridized carbons (Fsp3) is 0.704. The van der Waals surface area contributed by atoms with Crippen molar-refractivity contribution in [3.8, 4) is 0 Å². The summed E-state index contributed by atoms with van der Waals surface area (Å²) in [4.78, 5) is 38.3. The molecule has 0 aliphatic heterocycles. The zero-order valence-electron chi connectivity index (χ0n) is 50.4. The second-order valence-electron chi connectivity index (χ2n) is 21.3. The Morgan fingerprint density at radius 2 is 0.506 bits per heavy atom. The molecule has 6 heteroatoms. The Morgan fingerprint density at radius 3 is 0.805 bits per heavy atom. The van der Waals surface area contributed by atoms with Crippen molar-refractivity contribution in [2.24, 2.45) is 0 Å². The molecular weight excluding hydrogens is 949 g/mol. The predicted octanol–water partition coefficient (Wildman–Crippen LogP) is 22.2. The number of carbonyl (C=O) groups is 3. The number of hydrogen-bond acceptors (Lipinski definition) is 6. The molecule has 440 valence electrons. The molecule has 0 radical (unpaired) electrons. The summed E-state index contributed by atoms with van der Waals surface area (Å²) in [5.74, 6) is -0.897. The Kier molecular flexibility index (Phi) is 61.3. The van der Waals surface area contributed by atoms with Gasteiger partial charge in [0.1, 0.15) is 13.2 Å². The maximum absolute atomic E-state index is 12.9. The van der Waals surface area contributed by atoms with E-state index in [-0.39, 0.29) is 31.1 Å². The van der Waals surface area contributed by atoms with Crippen LogP contribution in [-0.4, -0.2) is 37.2 Å². The number of hydrogen-bond donors (Lipinski definition) is 0. The standard InChI is InChI=1S/C71H120O6/c1-4-7-10-13-16-19-22-25-27-29-30-31-32-33-34-35-36-37-38-39-40-42-43-46-49-52-55-58-61-64-70(73)76-67-68(66-75-69(72)63-60-57-54-51-48-45-24-21-18-15-12-9-6-3)77-71(74)65-62-59-56-53-50-47-44-41-28-26-23-20-17-14-11-8-5-2/h7-8,10-11,16-17,19-21,24-28,30-31,33-34,68H,4-6,9,12-15,18,22-23,29,32,35-67H2,1-3H3/b10-7-,11-8-,19-16-,20-17-,24-21-,27-25-,28-26-,31-30-,34-33-. The van der Waals surface area contributed by atoms with Gasteiger partial charge in [-0.15, -0.1) is 0 Å². The zero-order valence-corrected chi connectivity index (χ0v) is 50.4. The first-order valence-electron chi connectivity index (χ1n) is 32.4. The van der Waals surface area contributed by atoms with Crippen LogP contribution in [0.5, 0.6) is 0 Å². The average molecular weight is 1070 g/mol. The average Bonchev–Trinajstić information content (AvgIpc) is 3.43. The molecule has 0 aromatic carbocycles. The van der Waals surface area contributed by atoms with Crippen molar-refractivity contribution >= 4 is 17.9 Å². The molecule has 0 fully saturated rings. The fourth-order valence-electron chi connectivity index (χ4n) is 8.95. The molecule has 0 amide bonds. The van der Waals surface area contributed by atoms with Crippen molar-refractivity contribution in [1.82, 2.24) is 0 Å². The van der Waals surface area contributed by atoms with Gasteiger partial charge in [0.05, 0.1) is 0 Å². The zero-order chi connectivity index (χ0) is 55.7. The Balaban J connectivity index is 4.27. The van der Waals surface area contributed by atoms with Crippen LogP contribution in [-0.2, 0) is 28.6 Å². The molecule has 0 rings (SSSR count). The molecule has 0 spiro atoms. The summed E-state index contributed by atoms with van der Waals surface area (Å²) in [6.45, 7) is 6.40. The van der Waals surface area contributed by atoms with Gasteiger partial charge in [0.25, 0.3) is 0 Å². The molecule has 0 aliphatic carbocycles. The van der Waals surface area contributed by atoms with E-state index in [1.807, 2.05) is 0 Å². The molecule has 0 saturated heterocycles. The van der Waals surface area contributed by atoms with Gasteiger partial charge in [-0.25, -0.2) is 0 Å². The summed E-state index contributed by atoms with van der Waals surface area (Å²) in [7, 11) is 0. The van der Waals surface area contributed by atoms with Gasteiger partial charge in [-0.05, 0) is 122 Å². The predicted molar refractivity (Wildman–Crippen MR) is 334 cm³/mol. The van der Waals surface area contributed by atoms with Crippen molar-refractivity contribution in [2.75, 3.05) is 13.2 Å². The topological polar surface area (TPSA) is 78.9 Å². The Labute approximate surface area is 476 Å². The maximum atomic E-state index is 12.9. The molecule has 0 bridgehead atoms. The summed E-state index contributed by atoms with van der Waals surface area (Å²) >= 11 is 0. The third-order valence-electron chi connectivity index (χ3n) is 13.7. The minimum absolute atomic E-state index is 0.0846. The third kappa shape index (κ3) is 62.8. The quantitative estimate of drug-likeness (QED) is 0.0261. The highest BCUT2D eigenvalue weighted by atomic mass is 16.6. The van der Waals surface area contributed by atoms with Crippen molar-refractivity contribution in [2.45, 2.75) is 309 Å². The monoisotopic (exact) mass is 1070 g/mol. The normalized spacial score (nSPS) is 12.8. The van der Waals surface area contributed by atoms with Gasteiger partial charge in [0, 0.05) is 19.3 Å². The van der Waals surface area contributed by atoms with Crippen LogP contribution in [0.25, 0.3) is 0 Å². The first-order valence-corrected chi connectivity index (χ1v) is 32.4. The van der Waals surface area contributed by atoms with Gasteiger partial charge in [-0.1, -0.05) is 271 Å². The van der Waals surface area contributed by atoms with E-state index in [9.17, 15) is 14.4 Å². The summed E-state index contributed by atoms with van der Waals surface area (Å²) in [5.41, 5.74) is 0. The van der Waals surface area contributed by atoms with Crippen molar-refractivity contribution in [3.05, 3.63) is 109 Å². The largest absolute Gasteiger partial charge is 0.462 e. The van der Waals surface area contributed by atoms with Gasteiger partial charge in [0.2, 0.25) is 0 Å². The van der Waals surface area contributed by atoms with Crippen LogP contribution in [0, 0.1) is 0 Å². The van der Waals surface area contributed by atoms with Gasteiger partial charge in [-0.3, -0.25) is 14.4 Å². The van der Waals surface area contributed by atoms with Crippen LogP contribution in [0.15, 0.2) is 109 Å². The van der Waals surface area contributed by atoms with Gasteiger partial charge >= 0.3 is 17.9 Å². The molecule has 77 heavy (non-hydrogen) atoms. The molecule has 0 N–H and O–H groups in total. The summed E-state index contributed by atoms with van der Waals surface area (Å²) in [6.07, 6.45) is 88.1. The minimum Gasteiger partial charge on any atom is -0.462 e. The molecule has 1 atom stereocenters. The fourth-order valence-corrected chi connectivity index (χ4v) is 8.95. The Hall–Kier alpha value is -3.93. The second kappa shape index (κ2) is 64.6. The number of allylic oxidation sites excluding steroid dienone is 18. The van der Waals surface area contributed by atoms with E-state index < -0.39 is 6.10 Å². The van der Waals surface area contributed by atoms with Gasteiger partial charge in [0.15, 0.2) is 6.10 Å². The van der Waals surface area contributed by atoms with Gasteiger partial charge < -0.3 is 14.2 Å². The van der Waals surface area contributed by atoms with E-state index in [1.54, 1.807) is 0 Å². The van der Waals surface area contributed by atoms with Crippen LogP contribution < -0.4 is 0 Å². The highest BCUT2D eigenvalue weighted by molar-refractivity contribution is 5.71. The Morgan fingerprint density at radius 1 is 0.273 bits per heavy atom. The molecule has 1 unspecified atom stereocenters. The van der Waals surface area contributed by atoms with E-state index in [4.69, 9.17) is 14.2 Å². The lowest BCUT2D eigenvalue weighted by Crippen LogP contribution is -2.30. The maximum Gasteiger partial charge on any atom is 0.306 e. The minimum atomic E-state index is -0.789. The third-order valence-corrected chi connectivity index (χ3v) is 13.7. The lowest BCUT2D eigenvalue weighted by Gasteiger charge is -2.18. The number of esters is 3. The smallest absolute Gasteiger partial charge is 0.306 e. The van der Waals surface area contributed by atoms with E-state index in [2.05, 4.69) is 130 Å². The molecule has 0 aromatic rings. The van der Waals surface area contributed by atoms with E-state index in [0.717, 1.165) is 122 Å². The summed E-state index contributed by atoms with van der Waals surface area (Å²) < 4.78 is 16.9. The molecule has 6 nitrogen and oxygen atoms in total. The number of rotatable bonds is 58. The van der Waals surface area contributed by atoms with Gasteiger partial charge in [-0.2, -0.15) is 0 Å². The second-order valence-corrected chi connectivity index (χ2v) is 21.3. The van der Waals surface area contributed by atoms with E-state index in [1.165, 1.54) is 141 Å². The molecule has 0 aliphatic rings. The first-order chi connectivity index (χ1) is 38.0. The SMILES string of the molecule is CC/C=C\C/C=C\C/C=C\C/C=C\C/C=C\CCCCCCCCCCCCCCCC(=O)OCC(COC(=O)CCCCCCC/C=C\CCCCCC)OC(=O)CCCCCCCCC/C=C\C/C=C\C/C=C\CC. The highest BCUT2D eigenvalue weighted by Crippen LogP contribution is 2.16. The molecule has 0 aromatic heterocycles. The lowest BCUT2D eigenvalue weighted by molar-refractivity contribution is -0.167. The first kappa shape index (κ1) is 73.1. The highest BCUT2D eigenvalue weighted by Gasteiger charge is 2.19. The van der Waals surface area contributed by atoms with Crippen molar-refractivity contribution < 1.29 is 28.6 Å². The summed E-state index contributed by atoms with van der Waals surface area (Å²) in [6, 6.07) is 0.